The highest BCUT2D eigenvalue weighted by Gasteiger charge is 2.20. The van der Waals surface area contributed by atoms with Crippen LogP contribution in [0, 0.1) is 0 Å². The van der Waals surface area contributed by atoms with E-state index in [4.69, 9.17) is 19.4 Å². The first-order valence-electron chi connectivity index (χ1n) is 20.9. The molecule has 3 aromatic heterocycles. The largest absolute Gasteiger partial charge is 0.456 e. The summed E-state index contributed by atoms with van der Waals surface area (Å²) in [6, 6.07) is 72.8. The molecule has 62 heavy (non-hydrogen) atoms. The van der Waals surface area contributed by atoms with Gasteiger partial charge in [-0.25, -0.2) is 15.0 Å². The van der Waals surface area contributed by atoms with Crippen LogP contribution in [-0.2, 0) is 0 Å². The van der Waals surface area contributed by atoms with E-state index in [0.717, 1.165) is 60.8 Å². The molecule has 0 aliphatic heterocycles. The predicted molar refractivity (Wildman–Crippen MR) is 256 cm³/mol. The number of fused-ring (bicyclic) bond motifs is 11. The smallest absolute Gasteiger partial charge is 0.164 e. The molecule has 0 bridgehead atoms. The molecule has 0 saturated heterocycles. The molecular formula is C57H34N4O. The zero-order valence-electron chi connectivity index (χ0n) is 33.3. The summed E-state index contributed by atoms with van der Waals surface area (Å²) in [5.74, 6) is 1.79. The number of rotatable bonds is 5. The zero-order chi connectivity index (χ0) is 40.7. The van der Waals surface area contributed by atoms with E-state index in [1.165, 1.54) is 48.7 Å². The molecular weight excluding hydrogens is 757 g/mol. The van der Waals surface area contributed by atoms with Gasteiger partial charge in [0.25, 0.3) is 0 Å². The number of hydrogen-bond acceptors (Lipinski definition) is 4. The van der Waals surface area contributed by atoms with Gasteiger partial charge in [0.05, 0.1) is 11.0 Å². The summed E-state index contributed by atoms with van der Waals surface area (Å²) >= 11 is 0. The Hall–Kier alpha value is -8.41. The number of para-hydroxylation sites is 2. The van der Waals surface area contributed by atoms with E-state index in [0.29, 0.717) is 17.5 Å². The Kier molecular flexibility index (Phi) is 7.54. The quantitative estimate of drug-likeness (QED) is 0.163. The minimum atomic E-state index is 0.587. The standard InChI is InChI=1S/C57H34N4O/c1-3-15-42-35(12-1)24-25-38-26-27-39(34-48(38)42)55-58-56(60-57(59-55)47-20-11-23-52-54(47)46-19-8-10-22-51(46)62-52)44-17-6-5-14-41(44)37-28-31-40(32-29-37)61-49-21-9-7-18-45(49)53-43-16-4-2-13-36(43)30-33-50(53)61/h1-34H. The van der Waals surface area contributed by atoms with Crippen LogP contribution in [0.25, 0.3) is 127 Å². The van der Waals surface area contributed by atoms with Crippen molar-refractivity contribution in [3.8, 4) is 51.0 Å². The van der Waals surface area contributed by atoms with Crippen molar-refractivity contribution in [2.24, 2.45) is 0 Å². The number of benzene rings is 10. The highest BCUT2D eigenvalue weighted by atomic mass is 16.3. The van der Waals surface area contributed by atoms with E-state index >= 15 is 0 Å². The molecule has 0 saturated carbocycles. The number of aromatic nitrogens is 4. The summed E-state index contributed by atoms with van der Waals surface area (Å²) in [6.07, 6.45) is 0. The Labute approximate surface area is 355 Å². The lowest BCUT2D eigenvalue weighted by molar-refractivity contribution is 0.669. The van der Waals surface area contributed by atoms with E-state index in [1.54, 1.807) is 0 Å². The molecule has 0 fully saturated rings. The van der Waals surface area contributed by atoms with Crippen molar-refractivity contribution in [2.75, 3.05) is 0 Å². The van der Waals surface area contributed by atoms with Crippen LogP contribution < -0.4 is 0 Å². The molecule has 0 spiro atoms. The van der Waals surface area contributed by atoms with Crippen LogP contribution in [0.2, 0.25) is 0 Å². The second kappa shape index (κ2) is 13.6. The molecule has 288 valence electrons. The Balaban J connectivity index is 0.994. The monoisotopic (exact) mass is 790 g/mol. The number of hydrogen-bond donors (Lipinski definition) is 0. The van der Waals surface area contributed by atoms with Crippen LogP contribution in [0.15, 0.2) is 211 Å². The molecule has 0 aliphatic carbocycles. The number of nitrogens with zero attached hydrogens (tertiary/aromatic N) is 4. The van der Waals surface area contributed by atoms with Crippen molar-refractivity contribution in [1.82, 2.24) is 19.5 Å². The molecule has 13 rings (SSSR count). The molecule has 5 heteroatoms. The van der Waals surface area contributed by atoms with Gasteiger partial charge in [0, 0.05) is 43.9 Å². The van der Waals surface area contributed by atoms with Gasteiger partial charge in [-0.15, -0.1) is 0 Å². The number of furan rings is 1. The van der Waals surface area contributed by atoms with E-state index in [1.807, 2.05) is 30.3 Å². The van der Waals surface area contributed by atoms with Crippen LogP contribution >= 0.6 is 0 Å². The van der Waals surface area contributed by atoms with Crippen molar-refractivity contribution in [1.29, 1.82) is 0 Å². The molecule has 13 aromatic rings. The summed E-state index contributed by atoms with van der Waals surface area (Å²) in [4.78, 5) is 15.9. The highest BCUT2D eigenvalue weighted by Crippen LogP contribution is 2.40. The first-order chi connectivity index (χ1) is 30.7. The third-order valence-corrected chi connectivity index (χ3v) is 12.5. The predicted octanol–water partition coefficient (Wildman–Crippen LogP) is 15.0. The van der Waals surface area contributed by atoms with Gasteiger partial charge in [-0.05, 0) is 85.9 Å². The Bertz CT molecular complexity index is 3930. The maximum atomic E-state index is 6.34. The van der Waals surface area contributed by atoms with Crippen LogP contribution in [0.5, 0.6) is 0 Å². The Morgan fingerprint density at radius 3 is 1.73 bits per heavy atom. The van der Waals surface area contributed by atoms with E-state index in [9.17, 15) is 0 Å². The summed E-state index contributed by atoms with van der Waals surface area (Å²) in [5.41, 5.74) is 9.92. The molecule has 0 N–H and O–H groups in total. The van der Waals surface area contributed by atoms with Crippen molar-refractivity contribution in [2.45, 2.75) is 0 Å². The summed E-state index contributed by atoms with van der Waals surface area (Å²) in [6.45, 7) is 0. The lowest BCUT2D eigenvalue weighted by Gasteiger charge is -2.14. The van der Waals surface area contributed by atoms with Gasteiger partial charge >= 0.3 is 0 Å². The van der Waals surface area contributed by atoms with Crippen molar-refractivity contribution >= 4 is 76.1 Å². The van der Waals surface area contributed by atoms with Gasteiger partial charge < -0.3 is 8.98 Å². The van der Waals surface area contributed by atoms with Gasteiger partial charge in [0.2, 0.25) is 0 Å². The first kappa shape index (κ1) is 34.5. The van der Waals surface area contributed by atoms with Crippen molar-refractivity contribution < 1.29 is 4.42 Å². The fraction of sp³-hybridized carbons (Fsp3) is 0. The van der Waals surface area contributed by atoms with Crippen molar-refractivity contribution in [3.05, 3.63) is 206 Å². The van der Waals surface area contributed by atoms with Gasteiger partial charge in [-0.2, -0.15) is 0 Å². The van der Waals surface area contributed by atoms with Crippen LogP contribution in [0.4, 0.5) is 0 Å². The summed E-state index contributed by atoms with van der Waals surface area (Å²) in [7, 11) is 0. The van der Waals surface area contributed by atoms with E-state index in [-0.39, 0.29) is 0 Å². The summed E-state index contributed by atoms with van der Waals surface area (Å²) in [5, 5.41) is 11.7. The van der Waals surface area contributed by atoms with E-state index < -0.39 is 0 Å². The van der Waals surface area contributed by atoms with Crippen LogP contribution in [0.3, 0.4) is 0 Å². The van der Waals surface area contributed by atoms with Gasteiger partial charge in [0.1, 0.15) is 11.2 Å². The molecule has 3 heterocycles. The lowest BCUT2D eigenvalue weighted by Crippen LogP contribution is -2.01. The molecule has 5 nitrogen and oxygen atoms in total. The fourth-order valence-electron chi connectivity index (χ4n) is 9.59. The summed E-state index contributed by atoms with van der Waals surface area (Å²) < 4.78 is 8.72. The third-order valence-electron chi connectivity index (χ3n) is 12.5. The average Bonchev–Trinajstić information content (AvgIpc) is 3.90. The van der Waals surface area contributed by atoms with Crippen LogP contribution in [0.1, 0.15) is 0 Å². The second-order valence-electron chi connectivity index (χ2n) is 15.9. The van der Waals surface area contributed by atoms with Crippen LogP contribution in [-0.4, -0.2) is 19.5 Å². The Morgan fingerprint density at radius 2 is 0.887 bits per heavy atom. The minimum Gasteiger partial charge on any atom is -0.456 e. The molecule has 0 radical (unpaired) electrons. The highest BCUT2D eigenvalue weighted by molar-refractivity contribution is 6.21. The average molecular weight is 791 g/mol. The molecule has 0 unspecified atom stereocenters. The van der Waals surface area contributed by atoms with Gasteiger partial charge in [0.15, 0.2) is 17.5 Å². The normalized spacial score (nSPS) is 11.9. The molecule has 0 amide bonds. The lowest BCUT2D eigenvalue weighted by atomic mass is 9.98. The first-order valence-corrected chi connectivity index (χ1v) is 20.9. The molecule has 0 aliphatic rings. The maximum Gasteiger partial charge on any atom is 0.164 e. The minimum absolute atomic E-state index is 0.587. The molecule has 0 atom stereocenters. The SMILES string of the molecule is c1ccc(-c2nc(-c3ccc4ccc5ccccc5c4c3)nc(-c3cccc4oc5ccccc5c34)n2)c(-c2ccc(-n3c4ccccc4c4c5ccccc5ccc43)cc2)c1. The van der Waals surface area contributed by atoms with E-state index in [2.05, 4.69) is 180 Å². The topological polar surface area (TPSA) is 56.7 Å². The third kappa shape index (κ3) is 5.32. The fourth-order valence-corrected chi connectivity index (χ4v) is 9.59. The van der Waals surface area contributed by atoms with Crippen molar-refractivity contribution in [3.63, 3.8) is 0 Å². The van der Waals surface area contributed by atoms with Gasteiger partial charge in [-0.3, -0.25) is 0 Å². The Morgan fingerprint density at radius 1 is 0.323 bits per heavy atom. The maximum absolute atomic E-state index is 6.34. The zero-order valence-corrected chi connectivity index (χ0v) is 33.3. The second-order valence-corrected chi connectivity index (χ2v) is 15.9. The molecule has 10 aromatic carbocycles. The van der Waals surface area contributed by atoms with Gasteiger partial charge in [-0.1, -0.05) is 164 Å².